The molecule has 0 spiro atoms. The molecule has 0 saturated carbocycles. The maximum absolute atomic E-state index is 13.3. The third kappa shape index (κ3) is 38.7. The van der Waals surface area contributed by atoms with Gasteiger partial charge < -0.3 is 65.1 Å². The van der Waals surface area contributed by atoms with Crippen molar-refractivity contribution >= 4 is 5.91 Å². The minimum absolute atomic E-state index is 0.206. The monoisotopic (exact) mass is 1190 g/mol. The average molecular weight is 1190 g/mol. The number of carbonyl (C=O) groups excluding carboxylic acids is 1. The van der Waals surface area contributed by atoms with Gasteiger partial charge in [0.15, 0.2) is 12.6 Å². The summed E-state index contributed by atoms with van der Waals surface area (Å²) in [5.41, 5.74) is 0. The molecule has 0 aromatic carbocycles. The summed E-state index contributed by atoms with van der Waals surface area (Å²) < 4.78 is 22.9. The summed E-state index contributed by atoms with van der Waals surface area (Å²) in [6.07, 6.45) is 56.4. The van der Waals surface area contributed by atoms with Gasteiger partial charge in [0.1, 0.15) is 48.8 Å². The van der Waals surface area contributed by atoms with Crippen molar-refractivity contribution in [1.82, 2.24) is 5.32 Å². The number of amides is 1. The number of hydrogen-bond acceptors (Lipinski definition) is 13. The molecule has 2 rings (SSSR count). The number of hydrogen-bond donors (Lipinski definition) is 9. The largest absolute Gasteiger partial charge is 0.394 e. The predicted molar refractivity (Wildman–Crippen MR) is 341 cm³/mol. The molecule has 9 N–H and O–H groups in total. The van der Waals surface area contributed by atoms with Crippen LogP contribution in [0.4, 0.5) is 0 Å². The van der Waals surface area contributed by atoms with Crippen molar-refractivity contribution in [2.75, 3.05) is 19.8 Å². The summed E-state index contributed by atoms with van der Waals surface area (Å²) in [5, 5.41) is 87.4. The number of unbranched alkanes of at least 4 members (excludes halogenated alkanes) is 30. The van der Waals surface area contributed by atoms with Crippen LogP contribution in [0.2, 0.25) is 0 Å². The Morgan fingerprint density at radius 1 is 0.440 bits per heavy atom. The van der Waals surface area contributed by atoms with Crippen LogP contribution in [0, 0.1) is 0 Å². The van der Waals surface area contributed by atoms with Crippen LogP contribution in [0.3, 0.4) is 0 Å². The number of nitrogens with one attached hydrogen (secondary N) is 1. The van der Waals surface area contributed by atoms with Crippen LogP contribution in [0.5, 0.6) is 0 Å². The topological polar surface area (TPSA) is 228 Å². The van der Waals surface area contributed by atoms with Gasteiger partial charge in [-0.3, -0.25) is 4.79 Å². The zero-order valence-electron chi connectivity index (χ0n) is 52.9. The van der Waals surface area contributed by atoms with Crippen LogP contribution < -0.4 is 5.32 Å². The second kappa shape index (κ2) is 54.6. The second-order valence-electron chi connectivity index (χ2n) is 23.9. The number of allylic oxidation sites excluding steroid dienone is 12. The van der Waals surface area contributed by atoms with E-state index in [-0.39, 0.29) is 12.5 Å². The lowest BCUT2D eigenvalue weighted by molar-refractivity contribution is -0.359. The molecule has 14 heteroatoms. The maximum Gasteiger partial charge on any atom is 0.220 e. The fraction of sp³-hybridized carbons (Fsp3) is 0.814. The van der Waals surface area contributed by atoms with Gasteiger partial charge in [-0.25, -0.2) is 0 Å². The number of aliphatic hydroxyl groups is 8. The Kier molecular flexibility index (Phi) is 50.4. The number of ether oxygens (including phenoxy) is 4. The second-order valence-corrected chi connectivity index (χ2v) is 23.9. The first kappa shape index (κ1) is 77.5. The number of carbonyl (C=O) groups is 1. The van der Waals surface area contributed by atoms with E-state index < -0.39 is 86.8 Å². The molecule has 488 valence electrons. The molecule has 1 amide bonds. The minimum Gasteiger partial charge on any atom is -0.394 e. The first-order valence-electron chi connectivity index (χ1n) is 34.2. The lowest BCUT2D eigenvalue weighted by atomic mass is 9.97. The quantitative estimate of drug-likeness (QED) is 0.0204. The molecule has 2 fully saturated rings. The average Bonchev–Trinajstić information content (AvgIpc) is 2.58. The minimum atomic E-state index is -1.78. The summed E-state index contributed by atoms with van der Waals surface area (Å²) in [6, 6.07) is -0.829. The highest BCUT2D eigenvalue weighted by Crippen LogP contribution is 2.30. The van der Waals surface area contributed by atoms with Crippen molar-refractivity contribution in [2.45, 2.75) is 344 Å². The molecule has 0 bridgehead atoms. The van der Waals surface area contributed by atoms with Crippen LogP contribution in [0.25, 0.3) is 0 Å². The fourth-order valence-corrected chi connectivity index (χ4v) is 11.0. The van der Waals surface area contributed by atoms with Gasteiger partial charge in [0.05, 0.1) is 32.0 Å². The van der Waals surface area contributed by atoms with E-state index in [2.05, 4.69) is 92.1 Å². The lowest BCUT2D eigenvalue weighted by Crippen LogP contribution is -2.65. The van der Waals surface area contributed by atoms with E-state index >= 15 is 0 Å². The molecule has 0 aromatic heterocycles. The van der Waals surface area contributed by atoms with Gasteiger partial charge in [-0.1, -0.05) is 273 Å². The molecule has 0 radical (unpaired) electrons. The van der Waals surface area contributed by atoms with Gasteiger partial charge in [-0.15, -0.1) is 0 Å². The summed E-state index contributed by atoms with van der Waals surface area (Å²) >= 11 is 0. The van der Waals surface area contributed by atoms with Crippen molar-refractivity contribution in [3.05, 3.63) is 72.9 Å². The highest BCUT2D eigenvalue weighted by molar-refractivity contribution is 5.76. The zero-order chi connectivity index (χ0) is 60.9. The zero-order valence-corrected chi connectivity index (χ0v) is 52.9. The normalized spacial score (nSPS) is 24.1. The molecule has 2 heterocycles. The van der Waals surface area contributed by atoms with Crippen molar-refractivity contribution in [2.24, 2.45) is 0 Å². The predicted octanol–water partition coefficient (Wildman–Crippen LogP) is 13.5. The van der Waals surface area contributed by atoms with Crippen molar-refractivity contribution in [3.8, 4) is 0 Å². The molecular formula is C70H125NO13. The van der Waals surface area contributed by atoms with Crippen LogP contribution in [-0.4, -0.2) is 140 Å². The SMILES string of the molecule is CC/C=C\C/C=C\C/C=C\C/C=C\C/C=C\C/C=C\CCCCCCCCCCCCCCCCCCCCC(=O)NC(COC1OC(CO)C(OC2OC(CO)C(O)C(O)C2O)C(O)C1O)C(O)CCCCCCCCCCCCCCC. The molecule has 12 unspecified atom stereocenters. The van der Waals surface area contributed by atoms with E-state index in [1.807, 2.05) is 0 Å². The molecule has 12 atom stereocenters. The molecular weight excluding hydrogens is 1060 g/mol. The van der Waals surface area contributed by atoms with Crippen LogP contribution >= 0.6 is 0 Å². The van der Waals surface area contributed by atoms with E-state index in [1.165, 1.54) is 154 Å². The smallest absolute Gasteiger partial charge is 0.220 e. The third-order valence-corrected chi connectivity index (χ3v) is 16.4. The number of aliphatic hydroxyl groups excluding tert-OH is 8. The molecule has 84 heavy (non-hydrogen) atoms. The first-order valence-corrected chi connectivity index (χ1v) is 34.2. The highest BCUT2D eigenvalue weighted by Gasteiger charge is 2.51. The van der Waals surface area contributed by atoms with Gasteiger partial charge >= 0.3 is 0 Å². The number of rotatable bonds is 55. The fourth-order valence-electron chi connectivity index (χ4n) is 11.0. The molecule has 2 aliphatic rings. The van der Waals surface area contributed by atoms with Crippen molar-refractivity contribution < 1.29 is 64.6 Å². The Balaban J connectivity index is 1.58. The Labute approximate surface area is 510 Å². The highest BCUT2D eigenvalue weighted by atomic mass is 16.7. The summed E-state index contributed by atoms with van der Waals surface area (Å²) in [7, 11) is 0. The van der Waals surface area contributed by atoms with Crippen LogP contribution in [-0.2, 0) is 23.7 Å². The Morgan fingerprint density at radius 2 is 0.821 bits per heavy atom. The molecule has 2 aliphatic heterocycles. The lowest BCUT2D eigenvalue weighted by Gasteiger charge is -2.46. The van der Waals surface area contributed by atoms with Crippen molar-refractivity contribution in [1.29, 1.82) is 0 Å². The molecule has 2 saturated heterocycles. The van der Waals surface area contributed by atoms with E-state index in [1.54, 1.807) is 0 Å². The standard InChI is InChI=1S/C70H125NO13/c1-3-5-7-9-11-13-15-17-18-19-20-21-22-23-24-25-26-27-28-29-30-31-32-33-34-35-36-37-38-39-40-42-44-46-48-50-52-54-62(75)71-58(59(74)53-51-49-47-45-43-41-16-14-12-10-8-6-4-2)57-81-69-67(80)65(78)68(61(56-73)83-69)84-70-66(79)64(77)63(76)60(55-72)82-70/h5,7,11,13,17-18,20-21,23-24,26-27,58-61,63-70,72-74,76-80H,3-4,6,8-10,12,14-16,19,22,25,28-57H2,1-2H3,(H,71,75)/b7-5-,13-11-,18-17-,21-20-,24-23-,27-26-. The Morgan fingerprint density at radius 3 is 1.26 bits per heavy atom. The summed E-state index contributed by atoms with van der Waals surface area (Å²) in [6.45, 7) is 2.75. The van der Waals surface area contributed by atoms with Gasteiger partial charge in [0.25, 0.3) is 0 Å². The molecule has 0 aromatic rings. The third-order valence-electron chi connectivity index (χ3n) is 16.4. The Hall–Kier alpha value is -2.57. The van der Waals surface area contributed by atoms with Crippen LogP contribution in [0.1, 0.15) is 271 Å². The van der Waals surface area contributed by atoms with E-state index in [0.29, 0.717) is 12.8 Å². The molecule has 0 aliphatic carbocycles. The van der Waals surface area contributed by atoms with Crippen molar-refractivity contribution in [3.63, 3.8) is 0 Å². The summed E-state index contributed by atoms with van der Waals surface area (Å²) in [5.74, 6) is -0.206. The first-order chi connectivity index (χ1) is 41.1. The summed E-state index contributed by atoms with van der Waals surface area (Å²) in [4.78, 5) is 13.3. The Bertz CT molecular complexity index is 1690. The van der Waals surface area contributed by atoms with E-state index in [0.717, 1.165) is 89.9 Å². The van der Waals surface area contributed by atoms with Gasteiger partial charge in [-0.2, -0.15) is 0 Å². The van der Waals surface area contributed by atoms with Gasteiger partial charge in [-0.05, 0) is 64.2 Å². The van der Waals surface area contributed by atoms with E-state index in [9.17, 15) is 45.6 Å². The van der Waals surface area contributed by atoms with Gasteiger partial charge in [0, 0.05) is 6.42 Å². The molecule has 14 nitrogen and oxygen atoms in total. The van der Waals surface area contributed by atoms with Gasteiger partial charge in [0.2, 0.25) is 5.91 Å². The van der Waals surface area contributed by atoms with Crippen LogP contribution in [0.15, 0.2) is 72.9 Å². The maximum atomic E-state index is 13.3. The van der Waals surface area contributed by atoms with E-state index in [4.69, 9.17) is 18.9 Å².